The normalized spacial score (nSPS) is 17.2. The summed E-state index contributed by atoms with van der Waals surface area (Å²) in [6.45, 7) is 3.48. The Bertz CT molecular complexity index is 897. The third-order valence-corrected chi connectivity index (χ3v) is 4.78. The van der Waals surface area contributed by atoms with E-state index in [4.69, 9.17) is 0 Å². The van der Waals surface area contributed by atoms with Gasteiger partial charge in [0.25, 0.3) is 5.91 Å². The second kappa shape index (κ2) is 6.16. The van der Waals surface area contributed by atoms with Crippen molar-refractivity contribution < 1.29 is 4.79 Å². The Balaban J connectivity index is 1.60. The summed E-state index contributed by atoms with van der Waals surface area (Å²) < 4.78 is 3.87. The molecule has 0 saturated carbocycles. The smallest absolute Gasteiger partial charge is 0.272 e. The summed E-state index contributed by atoms with van der Waals surface area (Å²) in [6.07, 6.45) is 8.01. The zero-order valence-electron chi connectivity index (χ0n) is 14.3. The fourth-order valence-corrected chi connectivity index (χ4v) is 3.50. The quantitative estimate of drug-likeness (QED) is 0.734. The zero-order valence-corrected chi connectivity index (χ0v) is 14.3. The third-order valence-electron chi connectivity index (χ3n) is 4.78. The molecule has 1 unspecified atom stereocenters. The maximum absolute atomic E-state index is 12.7. The van der Waals surface area contributed by atoms with Crippen LogP contribution in [0, 0.1) is 6.92 Å². The lowest BCUT2D eigenvalue weighted by atomic mass is 10.2. The Morgan fingerprint density at radius 2 is 2.00 bits per heavy atom. The molecule has 4 rings (SSSR count). The molecular weight excluding hydrogens is 316 g/mol. The fraction of sp³-hybridized carbons (Fsp3) is 0.333. The van der Waals surface area contributed by atoms with E-state index in [2.05, 4.69) is 26.6 Å². The fourth-order valence-electron chi connectivity index (χ4n) is 3.50. The van der Waals surface area contributed by atoms with Crippen molar-refractivity contribution >= 4 is 5.91 Å². The first kappa shape index (κ1) is 15.6. The molecule has 7 nitrogen and oxygen atoms in total. The molecule has 1 amide bonds. The van der Waals surface area contributed by atoms with Gasteiger partial charge in [-0.15, -0.1) is 0 Å². The van der Waals surface area contributed by atoms with Gasteiger partial charge >= 0.3 is 0 Å². The van der Waals surface area contributed by atoms with Crippen molar-refractivity contribution in [2.75, 3.05) is 13.1 Å². The predicted octanol–water partition coefficient (Wildman–Crippen LogP) is 2.07. The van der Waals surface area contributed by atoms with Crippen LogP contribution in [0.25, 0.3) is 11.4 Å². The van der Waals surface area contributed by atoms with E-state index in [0.717, 1.165) is 30.0 Å². The van der Waals surface area contributed by atoms with Gasteiger partial charge in [-0.1, -0.05) is 0 Å². The van der Waals surface area contributed by atoms with Crippen molar-refractivity contribution in [1.82, 2.24) is 29.2 Å². The monoisotopic (exact) mass is 336 g/mol. The molecule has 7 heteroatoms. The van der Waals surface area contributed by atoms with Gasteiger partial charge in [-0.3, -0.25) is 14.5 Å². The van der Waals surface area contributed by atoms with Crippen LogP contribution < -0.4 is 0 Å². The predicted molar refractivity (Wildman–Crippen MR) is 93.0 cm³/mol. The maximum Gasteiger partial charge on any atom is 0.272 e. The topological polar surface area (TPSA) is 68.8 Å². The molecule has 0 aliphatic carbocycles. The lowest BCUT2D eigenvalue weighted by molar-refractivity contribution is 0.0776. The van der Waals surface area contributed by atoms with Gasteiger partial charge in [0.15, 0.2) is 0 Å². The van der Waals surface area contributed by atoms with Crippen LogP contribution in [0.5, 0.6) is 0 Å². The van der Waals surface area contributed by atoms with Gasteiger partial charge in [-0.2, -0.15) is 5.10 Å². The summed E-state index contributed by atoms with van der Waals surface area (Å²) in [6, 6.07) is 5.92. The molecule has 1 aliphatic heterocycles. The Morgan fingerprint density at radius 3 is 2.72 bits per heavy atom. The zero-order chi connectivity index (χ0) is 17.4. The van der Waals surface area contributed by atoms with Crippen molar-refractivity contribution in [2.24, 2.45) is 7.05 Å². The summed E-state index contributed by atoms with van der Waals surface area (Å²) >= 11 is 0. The molecule has 25 heavy (non-hydrogen) atoms. The second-order valence-electron chi connectivity index (χ2n) is 6.36. The van der Waals surface area contributed by atoms with Crippen molar-refractivity contribution in [2.45, 2.75) is 19.4 Å². The highest BCUT2D eigenvalue weighted by Crippen LogP contribution is 2.30. The molecule has 3 aromatic heterocycles. The molecule has 4 heterocycles. The number of imidazole rings is 1. The molecule has 1 saturated heterocycles. The van der Waals surface area contributed by atoms with E-state index in [1.165, 1.54) is 0 Å². The van der Waals surface area contributed by atoms with Crippen LogP contribution in [0.3, 0.4) is 0 Å². The molecule has 3 aromatic rings. The Hall–Kier alpha value is -2.96. The SMILES string of the molecule is Cc1cnc(-c2ccncc2)n1C1CCN(C(=O)c2ccnn2C)C1. The Morgan fingerprint density at radius 1 is 1.20 bits per heavy atom. The van der Waals surface area contributed by atoms with E-state index in [-0.39, 0.29) is 11.9 Å². The summed E-state index contributed by atoms with van der Waals surface area (Å²) in [7, 11) is 1.79. The number of hydrogen-bond donors (Lipinski definition) is 0. The van der Waals surface area contributed by atoms with Crippen LogP contribution in [0.4, 0.5) is 0 Å². The molecule has 1 atom stereocenters. The number of carbonyl (C=O) groups excluding carboxylic acids is 1. The molecular formula is C18H20N6O. The second-order valence-corrected chi connectivity index (χ2v) is 6.36. The van der Waals surface area contributed by atoms with Crippen LogP contribution in [0.1, 0.15) is 28.6 Å². The lowest BCUT2D eigenvalue weighted by Gasteiger charge is -2.19. The van der Waals surface area contributed by atoms with Crippen molar-refractivity contribution in [3.63, 3.8) is 0 Å². The van der Waals surface area contributed by atoms with Gasteiger partial charge in [-0.05, 0) is 31.5 Å². The summed E-state index contributed by atoms with van der Waals surface area (Å²) in [4.78, 5) is 23.3. The first-order valence-corrected chi connectivity index (χ1v) is 8.36. The number of aryl methyl sites for hydroxylation is 2. The van der Waals surface area contributed by atoms with E-state index in [1.54, 1.807) is 36.4 Å². The molecule has 0 radical (unpaired) electrons. The third kappa shape index (κ3) is 2.71. The number of pyridine rings is 1. The van der Waals surface area contributed by atoms with E-state index in [9.17, 15) is 4.79 Å². The molecule has 128 valence electrons. The molecule has 0 N–H and O–H groups in total. The first-order valence-electron chi connectivity index (χ1n) is 8.36. The highest BCUT2D eigenvalue weighted by Gasteiger charge is 2.31. The van der Waals surface area contributed by atoms with Crippen LogP contribution in [0.15, 0.2) is 43.0 Å². The van der Waals surface area contributed by atoms with E-state index < -0.39 is 0 Å². The molecule has 1 fully saturated rings. The minimum atomic E-state index is 0.0331. The minimum absolute atomic E-state index is 0.0331. The van der Waals surface area contributed by atoms with Crippen molar-refractivity contribution in [3.8, 4) is 11.4 Å². The van der Waals surface area contributed by atoms with Crippen molar-refractivity contribution in [1.29, 1.82) is 0 Å². The number of likely N-dealkylation sites (tertiary alicyclic amines) is 1. The Labute approximate surface area is 145 Å². The summed E-state index contributed by atoms with van der Waals surface area (Å²) in [5.74, 6) is 0.963. The standard InChI is InChI=1S/C18H20N6O/c1-13-11-20-17(14-3-7-19-8-4-14)24(13)15-6-10-23(12-15)18(25)16-5-9-21-22(16)2/h3-5,7-9,11,15H,6,10,12H2,1-2H3. The maximum atomic E-state index is 12.7. The number of hydrogen-bond acceptors (Lipinski definition) is 4. The number of rotatable bonds is 3. The van der Waals surface area contributed by atoms with Crippen molar-refractivity contribution in [3.05, 3.63) is 54.4 Å². The van der Waals surface area contributed by atoms with E-state index >= 15 is 0 Å². The number of amides is 1. The van der Waals surface area contributed by atoms with Crippen LogP contribution in [-0.4, -0.2) is 48.2 Å². The van der Waals surface area contributed by atoms with Gasteiger partial charge in [0.05, 0.1) is 6.04 Å². The van der Waals surface area contributed by atoms with Crippen LogP contribution in [0.2, 0.25) is 0 Å². The number of carbonyl (C=O) groups is 1. The van der Waals surface area contributed by atoms with E-state index in [1.807, 2.05) is 23.2 Å². The average molecular weight is 336 g/mol. The lowest BCUT2D eigenvalue weighted by Crippen LogP contribution is -2.30. The average Bonchev–Trinajstić information content (AvgIpc) is 3.34. The molecule has 0 bridgehead atoms. The van der Waals surface area contributed by atoms with Gasteiger partial charge < -0.3 is 9.47 Å². The van der Waals surface area contributed by atoms with Gasteiger partial charge in [0, 0.05) is 56.2 Å². The first-order chi connectivity index (χ1) is 12.1. The largest absolute Gasteiger partial charge is 0.335 e. The van der Waals surface area contributed by atoms with Gasteiger partial charge in [-0.25, -0.2) is 4.98 Å². The summed E-state index contributed by atoms with van der Waals surface area (Å²) in [5.41, 5.74) is 2.77. The van der Waals surface area contributed by atoms with Gasteiger partial charge in [0.2, 0.25) is 0 Å². The van der Waals surface area contributed by atoms with E-state index in [0.29, 0.717) is 12.2 Å². The molecule has 1 aliphatic rings. The van der Waals surface area contributed by atoms with Gasteiger partial charge in [0.1, 0.15) is 11.5 Å². The van der Waals surface area contributed by atoms with Crippen LogP contribution in [-0.2, 0) is 7.05 Å². The van der Waals surface area contributed by atoms with Crippen LogP contribution >= 0.6 is 0 Å². The highest BCUT2D eigenvalue weighted by molar-refractivity contribution is 5.92. The number of nitrogens with zero attached hydrogens (tertiary/aromatic N) is 6. The summed E-state index contributed by atoms with van der Waals surface area (Å²) in [5, 5.41) is 4.09. The Kier molecular flexibility index (Phi) is 3.83. The number of aromatic nitrogens is 5. The molecule has 0 spiro atoms. The highest BCUT2D eigenvalue weighted by atomic mass is 16.2. The molecule has 0 aromatic carbocycles. The minimum Gasteiger partial charge on any atom is -0.335 e.